The number of aromatic nitrogens is 3. The molecule has 0 aliphatic heterocycles. The molecule has 0 aliphatic rings. The third-order valence-electron chi connectivity index (χ3n) is 2.12. The number of rotatable bonds is 5. The molecular weight excluding hydrogens is 230 g/mol. The lowest BCUT2D eigenvalue weighted by Gasteiger charge is -2.08. The Balaban J connectivity index is 2.71. The van der Waals surface area contributed by atoms with E-state index >= 15 is 0 Å². The highest BCUT2D eigenvalue weighted by molar-refractivity contribution is 7.84. The Morgan fingerprint density at radius 2 is 2.27 bits per heavy atom. The molecule has 0 bridgehead atoms. The van der Waals surface area contributed by atoms with Crippen LogP contribution in [0, 0.1) is 4.77 Å². The fraction of sp³-hybridized carbons (Fsp3) is 0.778. The number of H-pyrrole nitrogens is 1. The maximum atomic E-state index is 10.9. The first kappa shape index (κ1) is 12.6. The highest BCUT2D eigenvalue weighted by Crippen LogP contribution is 2.11. The summed E-state index contributed by atoms with van der Waals surface area (Å²) in [6.07, 6.45) is 2.59. The summed E-state index contributed by atoms with van der Waals surface area (Å²) in [6.45, 7) is 4.96. The average molecular weight is 247 g/mol. The molecule has 1 rings (SSSR count). The van der Waals surface area contributed by atoms with E-state index in [4.69, 9.17) is 12.2 Å². The molecule has 15 heavy (non-hydrogen) atoms. The molecule has 4 nitrogen and oxygen atoms in total. The number of aromatic amines is 1. The maximum absolute atomic E-state index is 10.9. The van der Waals surface area contributed by atoms with Crippen molar-refractivity contribution in [3.63, 3.8) is 0 Å². The normalized spacial score (nSPS) is 13.3. The molecule has 0 aromatic carbocycles. The van der Waals surface area contributed by atoms with Crippen molar-refractivity contribution in [3.05, 3.63) is 10.6 Å². The summed E-state index contributed by atoms with van der Waals surface area (Å²) in [5.41, 5.74) is 0. The lowest BCUT2D eigenvalue weighted by atomic mass is 10.2. The summed E-state index contributed by atoms with van der Waals surface area (Å²) in [5, 5.41) is 6.98. The molecule has 1 aromatic rings. The van der Waals surface area contributed by atoms with E-state index in [2.05, 4.69) is 24.0 Å². The van der Waals surface area contributed by atoms with E-state index in [-0.39, 0.29) is 0 Å². The standard InChI is InChI=1S/C9H17N3OS2/c1-7(2)8-10-11-9(14)12(8)5-4-6-15(3)13/h7H,4-6H2,1-3H3,(H,11,14). The van der Waals surface area contributed by atoms with Crippen LogP contribution in [-0.2, 0) is 17.3 Å². The lowest BCUT2D eigenvalue weighted by Crippen LogP contribution is -2.08. The van der Waals surface area contributed by atoms with Crippen LogP contribution in [0.4, 0.5) is 0 Å². The van der Waals surface area contributed by atoms with Crippen molar-refractivity contribution in [2.45, 2.75) is 32.7 Å². The summed E-state index contributed by atoms with van der Waals surface area (Å²) < 4.78 is 13.6. The molecule has 0 saturated carbocycles. The smallest absolute Gasteiger partial charge is 0.195 e. The van der Waals surface area contributed by atoms with E-state index < -0.39 is 10.8 Å². The van der Waals surface area contributed by atoms with Crippen molar-refractivity contribution in [3.8, 4) is 0 Å². The van der Waals surface area contributed by atoms with Gasteiger partial charge in [-0.15, -0.1) is 0 Å². The summed E-state index contributed by atoms with van der Waals surface area (Å²) in [4.78, 5) is 0. The Morgan fingerprint density at radius 3 is 2.80 bits per heavy atom. The number of nitrogens with one attached hydrogen (secondary N) is 1. The first-order valence-electron chi connectivity index (χ1n) is 4.97. The first-order valence-corrected chi connectivity index (χ1v) is 7.11. The Labute approximate surface area is 97.5 Å². The lowest BCUT2D eigenvalue weighted by molar-refractivity contribution is 0.603. The van der Waals surface area contributed by atoms with Gasteiger partial charge in [0.25, 0.3) is 0 Å². The van der Waals surface area contributed by atoms with E-state index in [1.807, 2.05) is 4.57 Å². The zero-order valence-corrected chi connectivity index (χ0v) is 11.0. The van der Waals surface area contributed by atoms with Gasteiger partial charge in [-0.05, 0) is 18.6 Å². The molecule has 1 atom stereocenters. The van der Waals surface area contributed by atoms with E-state index in [0.717, 1.165) is 18.8 Å². The summed E-state index contributed by atoms with van der Waals surface area (Å²) >= 11 is 5.14. The second-order valence-corrected chi connectivity index (χ2v) is 5.77. The minimum atomic E-state index is -0.729. The molecule has 0 amide bonds. The van der Waals surface area contributed by atoms with Crippen LogP contribution in [0.15, 0.2) is 0 Å². The first-order chi connectivity index (χ1) is 7.02. The van der Waals surface area contributed by atoms with E-state index in [1.165, 1.54) is 0 Å². The van der Waals surface area contributed by atoms with Crippen LogP contribution in [-0.4, -0.2) is 31.0 Å². The van der Waals surface area contributed by atoms with Crippen LogP contribution < -0.4 is 0 Å². The predicted octanol–water partition coefficient (Wildman–Crippen LogP) is 1.83. The fourth-order valence-electron chi connectivity index (χ4n) is 1.41. The molecule has 1 N–H and O–H groups in total. The monoisotopic (exact) mass is 247 g/mol. The summed E-state index contributed by atoms with van der Waals surface area (Å²) in [7, 11) is -0.729. The van der Waals surface area contributed by atoms with Crippen molar-refractivity contribution in [2.75, 3.05) is 12.0 Å². The SMILES string of the molecule is CC(C)c1n[nH]c(=S)n1CCCS(C)=O. The summed E-state index contributed by atoms with van der Waals surface area (Å²) in [6, 6.07) is 0. The van der Waals surface area contributed by atoms with Gasteiger partial charge < -0.3 is 4.57 Å². The van der Waals surface area contributed by atoms with Gasteiger partial charge in [-0.2, -0.15) is 5.10 Å². The van der Waals surface area contributed by atoms with Gasteiger partial charge >= 0.3 is 0 Å². The van der Waals surface area contributed by atoms with Crippen molar-refractivity contribution in [1.82, 2.24) is 14.8 Å². The third-order valence-corrected chi connectivity index (χ3v) is 3.29. The van der Waals surface area contributed by atoms with Gasteiger partial charge in [-0.25, -0.2) is 0 Å². The molecule has 0 saturated heterocycles. The second kappa shape index (κ2) is 5.55. The highest BCUT2D eigenvalue weighted by atomic mass is 32.2. The molecule has 86 valence electrons. The Kier molecular flexibility index (Phi) is 4.66. The van der Waals surface area contributed by atoms with Gasteiger partial charge in [0.15, 0.2) is 4.77 Å². The Morgan fingerprint density at radius 1 is 1.60 bits per heavy atom. The highest BCUT2D eigenvalue weighted by Gasteiger charge is 2.09. The molecule has 6 heteroatoms. The van der Waals surface area contributed by atoms with Gasteiger partial charge in [-0.1, -0.05) is 13.8 Å². The van der Waals surface area contributed by atoms with Crippen LogP contribution in [0.1, 0.15) is 32.0 Å². The van der Waals surface area contributed by atoms with Crippen LogP contribution in [0.5, 0.6) is 0 Å². The molecule has 0 radical (unpaired) electrons. The average Bonchev–Trinajstić information content (AvgIpc) is 2.47. The van der Waals surface area contributed by atoms with Crippen molar-refractivity contribution < 1.29 is 4.21 Å². The van der Waals surface area contributed by atoms with Gasteiger partial charge in [0, 0.05) is 35.3 Å². The zero-order valence-electron chi connectivity index (χ0n) is 9.32. The van der Waals surface area contributed by atoms with E-state index in [0.29, 0.717) is 16.4 Å². The van der Waals surface area contributed by atoms with Gasteiger partial charge in [-0.3, -0.25) is 9.31 Å². The molecule has 0 spiro atoms. The van der Waals surface area contributed by atoms with Crippen LogP contribution in [0.2, 0.25) is 0 Å². The van der Waals surface area contributed by atoms with Crippen LogP contribution in [0.3, 0.4) is 0 Å². The van der Waals surface area contributed by atoms with Crippen LogP contribution in [0.25, 0.3) is 0 Å². The number of nitrogens with zero attached hydrogens (tertiary/aromatic N) is 2. The molecular formula is C9H17N3OS2. The minimum Gasteiger partial charge on any atom is -0.304 e. The number of hydrogen-bond donors (Lipinski definition) is 1. The zero-order chi connectivity index (χ0) is 11.4. The molecule has 0 fully saturated rings. The topological polar surface area (TPSA) is 50.7 Å². The quantitative estimate of drug-likeness (QED) is 0.808. The Bertz CT molecular complexity index is 394. The minimum absolute atomic E-state index is 0.352. The van der Waals surface area contributed by atoms with Gasteiger partial charge in [0.05, 0.1) is 0 Å². The Hall–Kier alpha value is -0.490. The van der Waals surface area contributed by atoms with E-state index in [1.54, 1.807) is 6.26 Å². The van der Waals surface area contributed by atoms with Crippen molar-refractivity contribution in [1.29, 1.82) is 0 Å². The van der Waals surface area contributed by atoms with Gasteiger partial charge in [0.2, 0.25) is 0 Å². The summed E-state index contributed by atoms with van der Waals surface area (Å²) in [5.74, 6) is 2.04. The largest absolute Gasteiger partial charge is 0.304 e. The maximum Gasteiger partial charge on any atom is 0.195 e. The molecule has 1 aromatic heterocycles. The van der Waals surface area contributed by atoms with Crippen LogP contribution >= 0.6 is 12.2 Å². The molecule has 1 unspecified atom stereocenters. The second-order valence-electron chi connectivity index (χ2n) is 3.82. The molecule has 1 heterocycles. The fourth-order valence-corrected chi connectivity index (χ4v) is 2.18. The number of hydrogen-bond acceptors (Lipinski definition) is 3. The van der Waals surface area contributed by atoms with Crippen molar-refractivity contribution >= 4 is 23.0 Å². The third kappa shape index (κ3) is 3.53. The van der Waals surface area contributed by atoms with Crippen molar-refractivity contribution in [2.24, 2.45) is 0 Å². The van der Waals surface area contributed by atoms with Gasteiger partial charge in [0.1, 0.15) is 5.82 Å². The van der Waals surface area contributed by atoms with E-state index in [9.17, 15) is 4.21 Å². The predicted molar refractivity (Wildman–Crippen MR) is 65.1 cm³/mol. The molecule has 0 aliphatic carbocycles.